The number of benzene rings is 1. The summed E-state index contributed by atoms with van der Waals surface area (Å²) in [5, 5.41) is 49.3. The van der Waals surface area contributed by atoms with E-state index in [0.29, 0.717) is 18.6 Å². The number of ketones is 1. The first kappa shape index (κ1) is 50.8. The maximum absolute atomic E-state index is 14.7. The van der Waals surface area contributed by atoms with E-state index in [4.69, 9.17) is 28.1 Å². The zero-order chi connectivity index (χ0) is 46.8. The summed E-state index contributed by atoms with van der Waals surface area (Å²) in [6, 6.07) is 11.0. The standard InChI is InChI=1S/C49H75NO13/c1-26-22-28(3)59-46(40(26)53)63-44-30(5)41(62-38-25-47(8,9)43(55)32(7)60-38)31(6)45(56)61-36(49(12,57)42(54)29(4)39(52)27(2)24-48(44,10)11)19-20-50-37(51)23-33-16-13-14-17-34(33)35-18-15-21-58-35/h13-18,21,26-32,36,38,40-44,46,53-55,57H,19-20,22-25H2,1-12H3,(H,50,51)/t26?,27-,28?,29+,30+,31-,32?,36-,38?,40?,41+,42-,43?,44-,46?,49-/m1/s1. The highest BCUT2D eigenvalue weighted by molar-refractivity contribution is 5.83. The summed E-state index contributed by atoms with van der Waals surface area (Å²) >= 11 is 0. The molecule has 1 aromatic heterocycles. The molecule has 0 spiro atoms. The molecule has 7 unspecified atom stereocenters. The molecule has 1 aromatic carbocycles. The number of aliphatic hydroxyl groups is 4. The van der Waals surface area contributed by atoms with Crippen molar-refractivity contribution < 1.29 is 62.9 Å². The number of cyclic esters (lactones) is 1. The lowest BCUT2D eigenvalue weighted by molar-refractivity contribution is -0.305. The molecular formula is C49H75NO13. The van der Waals surface area contributed by atoms with Gasteiger partial charge < -0.3 is 53.8 Å². The second kappa shape index (κ2) is 20.5. The third-order valence-electron chi connectivity index (χ3n) is 14.1. The Bertz CT molecular complexity index is 1830. The van der Waals surface area contributed by atoms with Crippen molar-refractivity contribution in [3.8, 4) is 11.3 Å². The summed E-state index contributed by atoms with van der Waals surface area (Å²) in [6.45, 7) is 21.6. The highest BCUT2D eigenvalue weighted by atomic mass is 16.7. The summed E-state index contributed by atoms with van der Waals surface area (Å²) in [5.41, 5.74) is -2.06. The minimum atomic E-state index is -2.14. The number of rotatable bonds is 10. The number of hydrogen-bond acceptors (Lipinski definition) is 13. The summed E-state index contributed by atoms with van der Waals surface area (Å²) in [4.78, 5) is 42.3. The van der Waals surface area contributed by atoms with Crippen LogP contribution in [0.25, 0.3) is 11.3 Å². The Hall–Kier alpha value is -3.21. The lowest BCUT2D eigenvalue weighted by atomic mass is 9.69. The molecule has 0 radical (unpaired) electrons. The van der Waals surface area contributed by atoms with Gasteiger partial charge >= 0.3 is 5.97 Å². The summed E-state index contributed by atoms with van der Waals surface area (Å²) in [5.74, 6) is -4.28. The molecule has 3 fully saturated rings. The molecule has 5 N–H and O–H groups in total. The predicted octanol–water partition coefficient (Wildman–Crippen LogP) is 5.99. The zero-order valence-electron chi connectivity index (χ0n) is 39.4. The normalized spacial score (nSPS) is 39.2. The van der Waals surface area contributed by atoms with Crippen LogP contribution in [-0.4, -0.2) is 112 Å². The van der Waals surface area contributed by atoms with Crippen molar-refractivity contribution in [1.82, 2.24) is 5.32 Å². The van der Waals surface area contributed by atoms with Crippen LogP contribution in [0.5, 0.6) is 0 Å². The van der Waals surface area contributed by atoms with Crippen molar-refractivity contribution in [2.75, 3.05) is 6.54 Å². The van der Waals surface area contributed by atoms with Crippen LogP contribution in [0.3, 0.4) is 0 Å². The van der Waals surface area contributed by atoms with Crippen LogP contribution in [0.4, 0.5) is 0 Å². The van der Waals surface area contributed by atoms with E-state index in [-0.39, 0.29) is 49.5 Å². The molecule has 63 heavy (non-hydrogen) atoms. The molecule has 354 valence electrons. The molecule has 14 heteroatoms. The van der Waals surface area contributed by atoms with Crippen LogP contribution in [0.1, 0.15) is 114 Å². The number of carbonyl (C=O) groups excluding carboxylic acids is 3. The first-order valence-corrected chi connectivity index (χ1v) is 22.9. The van der Waals surface area contributed by atoms with Crippen LogP contribution in [0, 0.1) is 40.4 Å². The van der Waals surface area contributed by atoms with Crippen molar-refractivity contribution in [1.29, 1.82) is 0 Å². The van der Waals surface area contributed by atoms with E-state index < -0.39 is 101 Å². The number of hydrogen-bond donors (Lipinski definition) is 5. The Kier molecular flexibility index (Phi) is 16.6. The lowest BCUT2D eigenvalue weighted by Gasteiger charge is -2.49. The van der Waals surface area contributed by atoms with E-state index in [9.17, 15) is 34.8 Å². The van der Waals surface area contributed by atoms with E-state index in [1.54, 1.807) is 40.0 Å². The SMILES string of the molecule is CC1CC(C)C(O)C(O[C@@H]2[C@@H](C)[C@H](OC3CC(C)(C)C(O)C(C)O3)[C@@H](C)C(=O)O[C@H](CCNC(=O)Cc3ccccc3-c3ccco3)[C@@](C)(O)[C@H](O)[C@@H](C)C(=O)[C@H](C)CC2(C)C)O1. The smallest absolute Gasteiger partial charge is 0.311 e. The van der Waals surface area contributed by atoms with Gasteiger partial charge in [0.25, 0.3) is 0 Å². The first-order valence-electron chi connectivity index (χ1n) is 22.9. The van der Waals surface area contributed by atoms with Crippen LogP contribution in [0.2, 0.25) is 0 Å². The maximum atomic E-state index is 14.7. The average Bonchev–Trinajstić information content (AvgIpc) is 3.75. The number of carbonyl (C=O) groups is 3. The van der Waals surface area contributed by atoms with Gasteiger partial charge in [-0.25, -0.2) is 0 Å². The van der Waals surface area contributed by atoms with E-state index in [0.717, 1.165) is 11.1 Å². The molecule has 3 aliphatic heterocycles. The number of aliphatic hydroxyl groups excluding tert-OH is 3. The number of amides is 1. The first-order chi connectivity index (χ1) is 29.3. The second-order valence-corrected chi connectivity index (χ2v) is 20.6. The van der Waals surface area contributed by atoms with Gasteiger partial charge in [0.1, 0.15) is 29.4 Å². The van der Waals surface area contributed by atoms with E-state index in [1.165, 1.54) is 6.92 Å². The topological polar surface area (TPSA) is 203 Å². The fourth-order valence-corrected chi connectivity index (χ4v) is 10.3. The van der Waals surface area contributed by atoms with Gasteiger partial charge in [0.15, 0.2) is 12.6 Å². The molecule has 3 saturated heterocycles. The van der Waals surface area contributed by atoms with Gasteiger partial charge in [-0.15, -0.1) is 0 Å². The van der Waals surface area contributed by atoms with Gasteiger partial charge in [-0.3, -0.25) is 14.4 Å². The largest absolute Gasteiger partial charge is 0.464 e. The van der Waals surface area contributed by atoms with Crippen LogP contribution < -0.4 is 5.32 Å². The van der Waals surface area contributed by atoms with Crippen molar-refractivity contribution >= 4 is 17.7 Å². The van der Waals surface area contributed by atoms with Gasteiger partial charge in [0, 0.05) is 42.7 Å². The Balaban J connectivity index is 1.49. The molecule has 5 rings (SSSR count). The number of Topliss-reactive ketones (excluding diaryl/α,β-unsaturated/α-hetero) is 1. The summed E-state index contributed by atoms with van der Waals surface area (Å²) in [7, 11) is 0. The van der Waals surface area contributed by atoms with E-state index in [1.807, 2.05) is 78.8 Å². The molecule has 14 nitrogen and oxygen atoms in total. The quantitative estimate of drug-likeness (QED) is 0.174. The Morgan fingerprint density at radius 3 is 2.17 bits per heavy atom. The Morgan fingerprint density at radius 2 is 1.52 bits per heavy atom. The molecule has 0 aliphatic carbocycles. The molecular weight excluding hydrogens is 811 g/mol. The van der Waals surface area contributed by atoms with E-state index >= 15 is 0 Å². The van der Waals surface area contributed by atoms with Crippen LogP contribution >= 0.6 is 0 Å². The predicted molar refractivity (Wildman–Crippen MR) is 235 cm³/mol. The Labute approximate surface area is 373 Å². The number of nitrogens with one attached hydrogen (secondary N) is 1. The van der Waals surface area contributed by atoms with Crippen LogP contribution in [0.15, 0.2) is 47.1 Å². The van der Waals surface area contributed by atoms with Crippen molar-refractivity contribution in [2.45, 2.75) is 182 Å². The van der Waals surface area contributed by atoms with Gasteiger partial charge in [0.2, 0.25) is 5.91 Å². The second-order valence-electron chi connectivity index (χ2n) is 20.6. The van der Waals surface area contributed by atoms with Crippen LogP contribution in [-0.2, 0) is 44.5 Å². The average molecular weight is 886 g/mol. The number of ether oxygens (including phenoxy) is 5. The van der Waals surface area contributed by atoms with Gasteiger partial charge in [-0.05, 0) is 75.0 Å². The lowest BCUT2D eigenvalue weighted by Crippen LogP contribution is -2.58. The van der Waals surface area contributed by atoms with E-state index in [2.05, 4.69) is 5.32 Å². The van der Waals surface area contributed by atoms with Gasteiger partial charge in [0.05, 0.1) is 55.2 Å². The molecule has 1 amide bonds. The fraction of sp³-hybridized carbons (Fsp3) is 0.735. The van der Waals surface area contributed by atoms with Crippen molar-refractivity contribution in [2.24, 2.45) is 40.4 Å². The molecule has 0 bridgehead atoms. The Morgan fingerprint density at radius 1 is 0.841 bits per heavy atom. The van der Waals surface area contributed by atoms with Gasteiger partial charge in [-0.2, -0.15) is 0 Å². The monoisotopic (exact) mass is 886 g/mol. The minimum Gasteiger partial charge on any atom is -0.464 e. The molecule has 16 atom stereocenters. The summed E-state index contributed by atoms with van der Waals surface area (Å²) in [6.07, 6.45) is -6.50. The fourth-order valence-electron chi connectivity index (χ4n) is 10.3. The third kappa shape index (κ3) is 11.8. The molecule has 3 aliphatic rings. The van der Waals surface area contributed by atoms with Gasteiger partial charge in [-0.1, -0.05) is 79.7 Å². The number of furan rings is 1. The molecule has 4 heterocycles. The maximum Gasteiger partial charge on any atom is 0.311 e. The summed E-state index contributed by atoms with van der Waals surface area (Å²) < 4.78 is 37.9. The number of esters is 1. The minimum absolute atomic E-state index is 0.0216. The molecule has 2 aromatic rings. The van der Waals surface area contributed by atoms with Crippen molar-refractivity contribution in [3.63, 3.8) is 0 Å². The molecule has 0 saturated carbocycles. The highest BCUT2D eigenvalue weighted by Gasteiger charge is 2.52. The highest BCUT2D eigenvalue weighted by Crippen LogP contribution is 2.44. The zero-order valence-corrected chi connectivity index (χ0v) is 39.4. The van der Waals surface area contributed by atoms with Crippen molar-refractivity contribution in [3.05, 3.63) is 48.2 Å². The third-order valence-corrected chi connectivity index (χ3v) is 14.1.